The fraction of sp³-hybridized carbons (Fsp3) is 0.179. The zero-order chi connectivity index (χ0) is 24.7. The van der Waals surface area contributed by atoms with Gasteiger partial charge in [0.05, 0.1) is 24.2 Å². The van der Waals surface area contributed by atoms with Crippen molar-refractivity contribution < 1.29 is 9.15 Å². The van der Waals surface area contributed by atoms with Crippen LogP contribution in [0.5, 0.6) is 5.75 Å². The van der Waals surface area contributed by atoms with Gasteiger partial charge in [-0.2, -0.15) is 9.78 Å². The molecule has 2 heterocycles. The van der Waals surface area contributed by atoms with E-state index < -0.39 is 0 Å². The van der Waals surface area contributed by atoms with Gasteiger partial charge in [-0.25, -0.2) is 4.98 Å². The van der Waals surface area contributed by atoms with E-state index in [2.05, 4.69) is 18.9 Å². The molecule has 2 aromatic heterocycles. The van der Waals surface area contributed by atoms with Gasteiger partial charge >= 0.3 is 0 Å². The highest BCUT2D eigenvalue weighted by Crippen LogP contribution is 2.30. The number of hydrogen-bond acceptors (Lipinski definition) is 5. The molecule has 0 atom stereocenters. The SMILES string of the molecule is COc1cc(C)c(C=Nn2c(-c3cc4cc(Cl)ccc4o3)nc3ccccc3c2=O)cc1C(C)C. The highest BCUT2D eigenvalue weighted by Gasteiger charge is 2.17. The van der Waals surface area contributed by atoms with Crippen LogP contribution in [0.3, 0.4) is 0 Å². The predicted octanol–water partition coefficient (Wildman–Crippen LogP) is 6.79. The molecule has 5 aromatic rings. The third-order valence-electron chi connectivity index (χ3n) is 6.01. The lowest BCUT2D eigenvalue weighted by Crippen LogP contribution is -2.20. The van der Waals surface area contributed by atoms with Gasteiger partial charge in [-0.1, -0.05) is 37.6 Å². The number of ether oxygens (including phenoxy) is 1. The van der Waals surface area contributed by atoms with Crippen LogP contribution in [0.2, 0.25) is 5.02 Å². The maximum Gasteiger partial charge on any atom is 0.282 e. The number of aromatic nitrogens is 2. The molecule has 6 nitrogen and oxygen atoms in total. The van der Waals surface area contributed by atoms with Crippen molar-refractivity contribution >= 4 is 39.7 Å². The summed E-state index contributed by atoms with van der Waals surface area (Å²) in [5.41, 5.74) is 3.87. The highest BCUT2D eigenvalue weighted by molar-refractivity contribution is 6.31. The number of benzene rings is 3. The van der Waals surface area contributed by atoms with E-state index >= 15 is 0 Å². The predicted molar refractivity (Wildman–Crippen MR) is 141 cm³/mol. The van der Waals surface area contributed by atoms with Crippen molar-refractivity contribution in [3.63, 3.8) is 0 Å². The van der Waals surface area contributed by atoms with Crippen LogP contribution in [0, 0.1) is 6.92 Å². The zero-order valence-corrected chi connectivity index (χ0v) is 20.6. The van der Waals surface area contributed by atoms with Crippen molar-refractivity contribution in [2.45, 2.75) is 26.7 Å². The molecule has 0 aliphatic rings. The van der Waals surface area contributed by atoms with Crippen molar-refractivity contribution in [2.75, 3.05) is 7.11 Å². The number of nitrogens with zero attached hydrogens (tertiary/aromatic N) is 3. The van der Waals surface area contributed by atoms with Gasteiger partial charge in [-0.3, -0.25) is 4.79 Å². The number of hydrogen-bond donors (Lipinski definition) is 0. The number of aryl methyl sites for hydroxylation is 1. The van der Waals surface area contributed by atoms with Gasteiger partial charge in [0.2, 0.25) is 5.82 Å². The van der Waals surface area contributed by atoms with Crippen molar-refractivity contribution in [3.8, 4) is 17.3 Å². The van der Waals surface area contributed by atoms with Crippen LogP contribution >= 0.6 is 11.6 Å². The maximum absolute atomic E-state index is 13.5. The Kier molecular flexibility index (Phi) is 5.91. The van der Waals surface area contributed by atoms with Crippen molar-refractivity contribution in [3.05, 3.63) is 92.7 Å². The number of fused-ring (bicyclic) bond motifs is 2. The van der Waals surface area contributed by atoms with Crippen LogP contribution in [0.4, 0.5) is 0 Å². The van der Waals surface area contributed by atoms with E-state index in [1.165, 1.54) is 4.68 Å². The van der Waals surface area contributed by atoms with Gasteiger partial charge < -0.3 is 9.15 Å². The van der Waals surface area contributed by atoms with Crippen LogP contribution in [0.1, 0.15) is 36.5 Å². The summed E-state index contributed by atoms with van der Waals surface area (Å²) in [7, 11) is 1.67. The molecule has 0 saturated heterocycles. The lowest BCUT2D eigenvalue weighted by molar-refractivity contribution is 0.407. The summed E-state index contributed by atoms with van der Waals surface area (Å²) in [6, 6.07) is 18.4. The van der Waals surface area contributed by atoms with Gasteiger partial charge in [0.15, 0.2) is 5.76 Å². The average molecular weight is 486 g/mol. The topological polar surface area (TPSA) is 69.6 Å². The number of para-hydroxylation sites is 1. The molecule has 0 N–H and O–H groups in total. The molecule has 0 bridgehead atoms. The van der Waals surface area contributed by atoms with E-state index in [4.69, 9.17) is 25.7 Å². The van der Waals surface area contributed by atoms with Gasteiger partial charge in [0.25, 0.3) is 5.56 Å². The van der Waals surface area contributed by atoms with Crippen molar-refractivity contribution in [2.24, 2.45) is 5.10 Å². The summed E-state index contributed by atoms with van der Waals surface area (Å²) in [6.45, 7) is 6.20. The van der Waals surface area contributed by atoms with Gasteiger partial charge in [0.1, 0.15) is 11.3 Å². The molecule has 0 aliphatic carbocycles. The molecule has 0 radical (unpaired) electrons. The molecule has 0 fully saturated rings. The first-order valence-electron chi connectivity index (χ1n) is 11.3. The minimum absolute atomic E-state index is 0.265. The Labute approximate surface area is 207 Å². The van der Waals surface area contributed by atoms with Crippen LogP contribution in [0.25, 0.3) is 33.5 Å². The molecule has 0 aliphatic heterocycles. The fourth-order valence-electron chi connectivity index (χ4n) is 4.12. The smallest absolute Gasteiger partial charge is 0.282 e. The van der Waals surface area contributed by atoms with E-state index in [0.717, 1.165) is 27.8 Å². The van der Waals surface area contributed by atoms with Crippen molar-refractivity contribution in [1.29, 1.82) is 0 Å². The van der Waals surface area contributed by atoms with E-state index in [0.29, 0.717) is 33.1 Å². The Balaban J connectivity index is 1.71. The zero-order valence-electron chi connectivity index (χ0n) is 19.9. The van der Waals surface area contributed by atoms with Gasteiger partial charge in [0, 0.05) is 10.4 Å². The third kappa shape index (κ3) is 4.21. The molecule has 176 valence electrons. The quantitative estimate of drug-likeness (QED) is 0.257. The monoisotopic (exact) mass is 485 g/mol. The molecule has 0 spiro atoms. The Morgan fingerprint density at radius 2 is 1.91 bits per heavy atom. The average Bonchev–Trinajstić information content (AvgIpc) is 3.26. The fourth-order valence-corrected chi connectivity index (χ4v) is 4.30. The van der Waals surface area contributed by atoms with Crippen LogP contribution in [-0.4, -0.2) is 23.0 Å². The second-order valence-electron chi connectivity index (χ2n) is 8.71. The molecular formula is C28H24ClN3O3. The van der Waals surface area contributed by atoms with Crippen molar-refractivity contribution in [1.82, 2.24) is 9.66 Å². The Bertz CT molecular complexity index is 1660. The Morgan fingerprint density at radius 3 is 2.69 bits per heavy atom. The van der Waals surface area contributed by atoms with Crippen LogP contribution < -0.4 is 10.3 Å². The Hall–Kier alpha value is -3.90. The summed E-state index contributed by atoms with van der Waals surface area (Å²) >= 11 is 6.15. The molecule has 0 saturated carbocycles. The third-order valence-corrected chi connectivity index (χ3v) is 6.24. The number of halogens is 1. The summed E-state index contributed by atoms with van der Waals surface area (Å²) < 4.78 is 12.9. The maximum atomic E-state index is 13.5. The van der Waals surface area contributed by atoms with Crippen LogP contribution in [-0.2, 0) is 0 Å². The molecule has 5 rings (SSSR count). The van der Waals surface area contributed by atoms with Crippen LogP contribution in [0.15, 0.2) is 75.0 Å². The minimum atomic E-state index is -0.282. The molecule has 35 heavy (non-hydrogen) atoms. The molecule has 0 unspecified atom stereocenters. The van der Waals surface area contributed by atoms with E-state index in [1.807, 2.05) is 43.3 Å². The minimum Gasteiger partial charge on any atom is -0.496 e. The summed E-state index contributed by atoms with van der Waals surface area (Å²) in [5, 5.41) is 6.49. The van der Waals surface area contributed by atoms with E-state index in [9.17, 15) is 4.79 Å². The Morgan fingerprint density at radius 1 is 1.11 bits per heavy atom. The lowest BCUT2D eigenvalue weighted by Gasteiger charge is -2.14. The first-order valence-corrected chi connectivity index (χ1v) is 11.7. The van der Waals surface area contributed by atoms with Gasteiger partial charge in [-0.15, -0.1) is 0 Å². The molecule has 7 heteroatoms. The second-order valence-corrected chi connectivity index (χ2v) is 9.15. The molecule has 0 amide bonds. The van der Waals surface area contributed by atoms with E-state index in [-0.39, 0.29) is 11.5 Å². The molecule has 3 aromatic carbocycles. The summed E-state index contributed by atoms with van der Waals surface area (Å²) in [5.74, 6) is 1.84. The van der Waals surface area contributed by atoms with E-state index in [1.54, 1.807) is 37.6 Å². The lowest BCUT2D eigenvalue weighted by atomic mass is 9.97. The first-order chi connectivity index (χ1) is 16.9. The second kappa shape index (κ2) is 9.04. The standard InChI is InChI=1S/C28H24ClN3O3/c1-16(2)22-13-19(17(3)11-25(22)34-4)15-30-32-27(31-23-8-6-5-7-21(23)28(32)33)26-14-18-12-20(29)9-10-24(18)35-26/h5-16H,1-4H3. The summed E-state index contributed by atoms with van der Waals surface area (Å²) in [4.78, 5) is 18.2. The molecular weight excluding hydrogens is 462 g/mol. The number of methoxy groups -OCH3 is 1. The first kappa shape index (κ1) is 22.9. The summed E-state index contributed by atoms with van der Waals surface area (Å²) in [6.07, 6.45) is 1.68. The van der Waals surface area contributed by atoms with Gasteiger partial charge in [-0.05, 0) is 78.1 Å². The number of rotatable bonds is 5. The number of furan rings is 1. The largest absolute Gasteiger partial charge is 0.496 e. The normalized spacial score (nSPS) is 11.8. The highest BCUT2D eigenvalue weighted by atomic mass is 35.5.